The summed E-state index contributed by atoms with van der Waals surface area (Å²) < 4.78 is 14.8. The molecule has 1 aromatic carbocycles. The fourth-order valence-corrected chi connectivity index (χ4v) is 1.69. The van der Waals surface area contributed by atoms with E-state index in [1.165, 1.54) is 6.07 Å². The first kappa shape index (κ1) is 18.2. The maximum absolute atomic E-state index is 11.8. The Morgan fingerprint density at radius 1 is 1.30 bits per heavy atom. The lowest BCUT2D eigenvalue weighted by Crippen LogP contribution is -2.27. The van der Waals surface area contributed by atoms with Crippen molar-refractivity contribution in [3.8, 4) is 5.75 Å². The van der Waals surface area contributed by atoms with Gasteiger partial charge in [-0.15, -0.1) is 0 Å². The zero-order valence-corrected chi connectivity index (χ0v) is 13.2. The molecule has 0 unspecified atom stereocenters. The monoisotopic (exact) mass is 326 g/mol. The molecular formula is C14H18N2O7. The molecule has 0 aliphatic heterocycles. The van der Waals surface area contributed by atoms with Crippen LogP contribution in [-0.4, -0.2) is 36.2 Å². The number of hydrogen-bond donors (Lipinski definition) is 1. The van der Waals surface area contributed by atoms with Crippen molar-refractivity contribution in [3.63, 3.8) is 0 Å². The molecule has 0 saturated heterocycles. The van der Waals surface area contributed by atoms with Gasteiger partial charge >= 0.3 is 11.9 Å². The molecule has 0 saturated carbocycles. The van der Waals surface area contributed by atoms with Crippen molar-refractivity contribution in [1.82, 2.24) is 0 Å². The predicted molar refractivity (Wildman–Crippen MR) is 80.2 cm³/mol. The van der Waals surface area contributed by atoms with Crippen molar-refractivity contribution in [3.05, 3.63) is 27.8 Å². The van der Waals surface area contributed by atoms with Crippen LogP contribution in [0.15, 0.2) is 12.1 Å². The number of methoxy groups -OCH3 is 1. The maximum atomic E-state index is 11.8. The van der Waals surface area contributed by atoms with E-state index in [0.29, 0.717) is 0 Å². The third kappa shape index (κ3) is 4.83. The van der Waals surface area contributed by atoms with Crippen LogP contribution in [0.1, 0.15) is 31.1 Å². The molecule has 1 aromatic rings. The summed E-state index contributed by atoms with van der Waals surface area (Å²) in [6, 6.07) is 2.25. The Hall–Kier alpha value is -2.84. The lowest BCUT2D eigenvalue weighted by atomic mass is 10.1. The van der Waals surface area contributed by atoms with Crippen molar-refractivity contribution in [1.29, 1.82) is 0 Å². The van der Waals surface area contributed by atoms with Crippen LogP contribution in [0, 0.1) is 10.1 Å². The molecule has 9 nitrogen and oxygen atoms in total. The summed E-state index contributed by atoms with van der Waals surface area (Å²) in [4.78, 5) is 33.6. The number of esters is 2. The molecule has 0 bridgehead atoms. The Balaban J connectivity index is 3.07. The topological polar surface area (TPSA) is 131 Å². The van der Waals surface area contributed by atoms with Gasteiger partial charge in [0, 0.05) is 6.07 Å². The van der Waals surface area contributed by atoms with Crippen molar-refractivity contribution >= 4 is 23.3 Å². The number of rotatable bonds is 5. The quantitative estimate of drug-likeness (QED) is 0.374. The van der Waals surface area contributed by atoms with Gasteiger partial charge in [-0.1, -0.05) is 0 Å². The second-order valence-electron chi connectivity index (χ2n) is 5.50. The molecule has 23 heavy (non-hydrogen) atoms. The van der Waals surface area contributed by atoms with E-state index in [-0.39, 0.29) is 11.3 Å². The fraction of sp³-hybridized carbons (Fsp3) is 0.429. The van der Waals surface area contributed by atoms with Crippen LogP contribution in [-0.2, 0) is 14.3 Å². The molecule has 0 atom stereocenters. The number of benzene rings is 1. The third-order valence-electron chi connectivity index (χ3n) is 2.54. The molecule has 0 fully saturated rings. The number of nitro benzene ring substituents is 1. The molecular weight excluding hydrogens is 308 g/mol. The van der Waals surface area contributed by atoms with E-state index in [1.54, 1.807) is 20.8 Å². The van der Waals surface area contributed by atoms with Gasteiger partial charge in [0.1, 0.15) is 22.6 Å². The van der Waals surface area contributed by atoms with Crippen molar-refractivity contribution in [2.75, 3.05) is 19.5 Å². The number of hydrogen-bond acceptors (Lipinski definition) is 8. The Kier molecular flexibility index (Phi) is 5.50. The van der Waals surface area contributed by atoms with Gasteiger partial charge in [-0.3, -0.25) is 10.1 Å². The largest absolute Gasteiger partial charge is 0.481 e. The summed E-state index contributed by atoms with van der Waals surface area (Å²) in [5.74, 6) is -1.68. The van der Waals surface area contributed by atoms with E-state index < -0.39 is 40.4 Å². The van der Waals surface area contributed by atoms with Crippen LogP contribution in [0.2, 0.25) is 0 Å². The van der Waals surface area contributed by atoms with Crippen molar-refractivity contribution < 1.29 is 28.7 Å². The summed E-state index contributed by atoms with van der Waals surface area (Å²) in [6.45, 7) is 4.58. The highest BCUT2D eigenvalue weighted by Crippen LogP contribution is 2.33. The summed E-state index contributed by atoms with van der Waals surface area (Å²) in [7, 11) is 1.10. The van der Waals surface area contributed by atoms with Gasteiger partial charge < -0.3 is 19.9 Å². The molecule has 0 aliphatic rings. The smallest absolute Gasteiger partial charge is 0.344 e. The highest BCUT2D eigenvalue weighted by Gasteiger charge is 2.26. The standard InChI is InChI=1S/C14H18N2O7/c1-14(2,3)23-10(17)7-22-9-6-5-8(16(19)20)12(15)11(9)13(18)21-4/h5-6H,7,15H2,1-4H3. The van der Waals surface area contributed by atoms with Gasteiger partial charge in [0.2, 0.25) is 0 Å². The molecule has 0 heterocycles. The molecule has 0 spiro atoms. The predicted octanol–water partition coefficient (Wildman–Crippen LogP) is 1.68. The molecule has 126 valence electrons. The zero-order chi connectivity index (χ0) is 17.8. The van der Waals surface area contributed by atoms with Gasteiger partial charge in [0.25, 0.3) is 5.69 Å². The summed E-state index contributed by atoms with van der Waals surface area (Å²) in [6.07, 6.45) is 0. The second kappa shape index (κ2) is 6.95. The minimum atomic E-state index is -0.912. The molecule has 1 rings (SSSR count). The average molecular weight is 326 g/mol. The van der Waals surface area contributed by atoms with Crippen LogP contribution >= 0.6 is 0 Å². The number of nitrogens with two attached hydrogens (primary N) is 1. The first-order valence-corrected chi connectivity index (χ1v) is 6.56. The zero-order valence-electron chi connectivity index (χ0n) is 13.2. The molecule has 0 aromatic heterocycles. The van der Waals surface area contributed by atoms with E-state index in [2.05, 4.69) is 4.74 Å². The van der Waals surface area contributed by atoms with Crippen molar-refractivity contribution in [2.45, 2.75) is 26.4 Å². The third-order valence-corrected chi connectivity index (χ3v) is 2.54. The van der Waals surface area contributed by atoms with E-state index in [0.717, 1.165) is 13.2 Å². The van der Waals surface area contributed by atoms with E-state index >= 15 is 0 Å². The van der Waals surface area contributed by atoms with Crippen LogP contribution < -0.4 is 10.5 Å². The Morgan fingerprint density at radius 3 is 2.39 bits per heavy atom. The molecule has 0 aliphatic carbocycles. The first-order valence-electron chi connectivity index (χ1n) is 6.56. The summed E-state index contributed by atoms with van der Waals surface area (Å²) >= 11 is 0. The van der Waals surface area contributed by atoms with Crippen LogP contribution in [0.5, 0.6) is 5.75 Å². The SMILES string of the molecule is COC(=O)c1c(OCC(=O)OC(C)(C)C)ccc([N+](=O)[O-])c1N. The number of anilines is 1. The lowest BCUT2D eigenvalue weighted by Gasteiger charge is -2.20. The van der Waals surface area contributed by atoms with Crippen molar-refractivity contribution in [2.24, 2.45) is 0 Å². The number of ether oxygens (including phenoxy) is 3. The minimum Gasteiger partial charge on any atom is -0.481 e. The Bertz CT molecular complexity index is 635. The number of nitro groups is 1. The van der Waals surface area contributed by atoms with E-state index in [9.17, 15) is 19.7 Å². The van der Waals surface area contributed by atoms with Gasteiger partial charge in [-0.05, 0) is 26.8 Å². The van der Waals surface area contributed by atoms with Gasteiger partial charge in [0.15, 0.2) is 6.61 Å². The van der Waals surface area contributed by atoms with Crippen LogP contribution in [0.4, 0.5) is 11.4 Å². The molecule has 0 radical (unpaired) electrons. The normalized spacial score (nSPS) is 10.8. The minimum absolute atomic E-state index is 0.106. The van der Waals surface area contributed by atoms with Crippen LogP contribution in [0.3, 0.4) is 0 Å². The number of nitrogens with zero attached hydrogens (tertiary/aromatic N) is 1. The lowest BCUT2D eigenvalue weighted by molar-refractivity contribution is -0.383. The van der Waals surface area contributed by atoms with Gasteiger partial charge in [-0.2, -0.15) is 0 Å². The maximum Gasteiger partial charge on any atom is 0.344 e. The second-order valence-corrected chi connectivity index (χ2v) is 5.50. The van der Waals surface area contributed by atoms with Gasteiger partial charge in [-0.25, -0.2) is 9.59 Å². The average Bonchev–Trinajstić information content (AvgIpc) is 2.42. The molecule has 2 N–H and O–H groups in total. The number of carbonyl (C=O) groups excluding carboxylic acids is 2. The van der Waals surface area contributed by atoms with Crippen LogP contribution in [0.25, 0.3) is 0 Å². The molecule has 9 heteroatoms. The Labute approximate surface area is 132 Å². The highest BCUT2D eigenvalue weighted by molar-refractivity contribution is 6.00. The summed E-state index contributed by atoms with van der Waals surface area (Å²) in [5.41, 5.74) is 3.76. The van der Waals surface area contributed by atoms with E-state index in [4.69, 9.17) is 15.2 Å². The van der Waals surface area contributed by atoms with Gasteiger partial charge in [0.05, 0.1) is 12.0 Å². The summed E-state index contributed by atoms with van der Waals surface area (Å²) in [5, 5.41) is 10.9. The Morgan fingerprint density at radius 2 is 1.91 bits per heavy atom. The fourth-order valence-electron chi connectivity index (χ4n) is 1.69. The molecule has 0 amide bonds. The number of nitrogen functional groups attached to an aromatic ring is 1. The highest BCUT2D eigenvalue weighted by atomic mass is 16.6. The number of carbonyl (C=O) groups is 2. The van der Waals surface area contributed by atoms with E-state index in [1.807, 2.05) is 0 Å². The first-order chi connectivity index (χ1) is 10.6.